The fourth-order valence-corrected chi connectivity index (χ4v) is 1.86. The van der Waals surface area contributed by atoms with Crippen LogP contribution in [-0.4, -0.2) is 11.6 Å². The van der Waals surface area contributed by atoms with Crippen molar-refractivity contribution in [2.45, 2.75) is 6.92 Å². The van der Waals surface area contributed by atoms with Gasteiger partial charge in [0, 0.05) is 12.3 Å². The predicted octanol–water partition coefficient (Wildman–Crippen LogP) is 2.61. The first-order chi connectivity index (χ1) is 10.1. The average Bonchev–Trinajstić information content (AvgIpc) is 2.48. The molecule has 2 rings (SSSR count). The van der Waals surface area contributed by atoms with Crippen LogP contribution in [0.1, 0.15) is 6.92 Å². The molecule has 102 valence electrons. The van der Waals surface area contributed by atoms with E-state index in [-0.39, 0.29) is 11.6 Å². The van der Waals surface area contributed by atoms with Gasteiger partial charge in [0.1, 0.15) is 12.1 Å². The van der Waals surface area contributed by atoms with E-state index in [4.69, 9.17) is 10.5 Å². The molecule has 0 unspecified atom stereocenters. The zero-order chi connectivity index (χ0) is 15.2. The summed E-state index contributed by atoms with van der Waals surface area (Å²) in [5, 5.41) is 25.5. The zero-order valence-corrected chi connectivity index (χ0v) is 11.2. The Balaban J connectivity index is 2.47. The topological polar surface area (TPSA) is 101 Å². The van der Waals surface area contributed by atoms with Crippen molar-refractivity contribution in [3.63, 3.8) is 0 Å². The first kappa shape index (κ1) is 14.0. The van der Waals surface area contributed by atoms with E-state index in [1.807, 2.05) is 30.3 Å². The van der Waals surface area contributed by atoms with Crippen molar-refractivity contribution in [1.82, 2.24) is 0 Å². The predicted molar refractivity (Wildman–Crippen MR) is 80.5 cm³/mol. The molecule has 0 saturated heterocycles. The summed E-state index contributed by atoms with van der Waals surface area (Å²) in [6.45, 7) is 1.43. The maximum absolute atomic E-state index is 11.3. The second-order valence-corrected chi connectivity index (χ2v) is 4.22. The molecule has 2 N–H and O–H groups in total. The number of amides is 1. The van der Waals surface area contributed by atoms with Gasteiger partial charge in [-0.15, -0.1) is 0 Å². The van der Waals surface area contributed by atoms with Crippen LogP contribution < -0.4 is 10.7 Å². The quantitative estimate of drug-likeness (QED) is 0.665. The van der Waals surface area contributed by atoms with Gasteiger partial charge in [-0.2, -0.15) is 15.6 Å². The third-order valence-corrected chi connectivity index (χ3v) is 2.68. The first-order valence-corrected chi connectivity index (χ1v) is 6.08. The maximum Gasteiger partial charge on any atom is 0.237 e. The van der Waals surface area contributed by atoms with E-state index in [0.29, 0.717) is 11.4 Å². The van der Waals surface area contributed by atoms with Gasteiger partial charge in [-0.25, -0.2) is 0 Å². The number of carbonyl (C=O) groups excluding carboxylic acids is 1. The summed E-state index contributed by atoms with van der Waals surface area (Å²) in [6, 6.07) is 14.4. The molecule has 0 aromatic heterocycles. The summed E-state index contributed by atoms with van der Waals surface area (Å²) in [4.78, 5) is 11.3. The van der Waals surface area contributed by atoms with Gasteiger partial charge in [-0.1, -0.05) is 24.3 Å². The molecule has 0 fully saturated rings. The molecule has 0 bridgehead atoms. The SMILES string of the molecule is CC(=O)Nc1cc(NN=C(C#N)C#N)cc2ccccc12. The summed E-state index contributed by atoms with van der Waals surface area (Å²) < 4.78 is 0. The summed E-state index contributed by atoms with van der Waals surface area (Å²) in [5.41, 5.74) is 3.57. The van der Waals surface area contributed by atoms with Gasteiger partial charge in [0.2, 0.25) is 11.6 Å². The zero-order valence-electron chi connectivity index (χ0n) is 11.2. The van der Waals surface area contributed by atoms with Gasteiger partial charge in [-0.05, 0) is 17.5 Å². The molecular formula is C15H11N5O. The Morgan fingerprint density at radius 3 is 2.57 bits per heavy atom. The third kappa shape index (κ3) is 3.34. The minimum atomic E-state index is -0.274. The first-order valence-electron chi connectivity index (χ1n) is 6.08. The molecule has 0 aliphatic heterocycles. The third-order valence-electron chi connectivity index (χ3n) is 2.68. The summed E-state index contributed by atoms with van der Waals surface area (Å²) in [6.07, 6.45) is 0. The number of rotatable bonds is 3. The van der Waals surface area contributed by atoms with Crippen LogP contribution in [0.3, 0.4) is 0 Å². The molecule has 2 aromatic carbocycles. The van der Waals surface area contributed by atoms with Crippen molar-refractivity contribution in [2.24, 2.45) is 5.10 Å². The number of hydrogen-bond donors (Lipinski definition) is 2. The number of anilines is 2. The Kier molecular flexibility index (Phi) is 4.13. The molecule has 0 atom stereocenters. The number of nitrogens with one attached hydrogen (secondary N) is 2. The molecule has 0 aliphatic carbocycles. The molecule has 0 aliphatic rings. The minimum Gasteiger partial charge on any atom is -0.326 e. The lowest BCUT2D eigenvalue weighted by Gasteiger charge is -2.10. The highest BCUT2D eigenvalue weighted by Gasteiger charge is 2.05. The van der Waals surface area contributed by atoms with Crippen LogP contribution in [0, 0.1) is 22.7 Å². The summed E-state index contributed by atoms with van der Waals surface area (Å²) in [7, 11) is 0. The van der Waals surface area contributed by atoms with Crippen molar-refractivity contribution in [2.75, 3.05) is 10.7 Å². The normalized spacial score (nSPS) is 9.29. The number of benzene rings is 2. The number of nitrogens with zero attached hydrogens (tertiary/aromatic N) is 3. The van der Waals surface area contributed by atoms with Gasteiger partial charge in [0.25, 0.3) is 0 Å². The summed E-state index contributed by atoms with van der Waals surface area (Å²) >= 11 is 0. The van der Waals surface area contributed by atoms with E-state index in [0.717, 1.165) is 10.8 Å². The highest BCUT2D eigenvalue weighted by molar-refractivity contribution is 6.10. The molecule has 0 heterocycles. The Labute approximate surface area is 121 Å². The largest absolute Gasteiger partial charge is 0.326 e. The molecule has 21 heavy (non-hydrogen) atoms. The Morgan fingerprint density at radius 2 is 1.90 bits per heavy atom. The molecule has 6 nitrogen and oxygen atoms in total. The van der Waals surface area contributed by atoms with Crippen molar-refractivity contribution >= 4 is 33.8 Å². The fourth-order valence-electron chi connectivity index (χ4n) is 1.86. The van der Waals surface area contributed by atoms with Crippen molar-refractivity contribution in [3.05, 3.63) is 36.4 Å². The van der Waals surface area contributed by atoms with Crippen LogP contribution in [0.4, 0.5) is 11.4 Å². The number of hydrazone groups is 1. The second kappa shape index (κ2) is 6.18. The highest BCUT2D eigenvalue weighted by Crippen LogP contribution is 2.28. The van der Waals surface area contributed by atoms with Crippen LogP contribution in [0.15, 0.2) is 41.5 Å². The molecule has 0 spiro atoms. The van der Waals surface area contributed by atoms with Crippen LogP contribution in [-0.2, 0) is 4.79 Å². The number of nitriles is 2. The van der Waals surface area contributed by atoms with Gasteiger partial charge in [0.05, 0.1) is 11.4 Å². The van der Waals surface area contributed by atoms with Crippen LogP contribution >= 0.6 is 0 Å². The highest BCUT2D eigenvalue weighted by atomic mass is 16.1. The van der Waals surface area contributed by atoms with Crippen LogP contribution in [0.2, 0.25) is 0 Å². The van der Waals surface area contributed by atoms with E-state index < -0.39 is 0 Å². The van der Waals surface area contributed by atoms with Gasteiger partial charge in [-0.3, -0.25) is 10.2 Å². The van der Waals surface area contributed by atoms with Crippen LogP contribution in [0.5, 0.6) is 0 Å². The monoisotopic (exact) mass is 277 g/mol. The van der Waals surface area contributed by atoms with E-state index >= 15 is 0 Å². The van der Waals surface area contributed by atoms with E-state index in [9.17, 15) is 4.79 Å². The Bertz CT molecular complexity index is 795. The molecular weight excluding hydrogens is 266 g/mol. The molecule has 0 radical (unpaired) electrons. The number of hydrogen-bond acceptors (Lipinski definition) is 5. The Hall–Kier alpha value is -3.38. The number of fused-ring (bicyclic) bond motifs is 1. The van der Waals surface area contributed by atoms with Crippen molar-refractivity contribution < 1.29 is 4.79 Å². The van der Waals surface area contributed by atoms with E-state index in [2.05, 4.69) is 15.8 Å². The summed E-state index contributed by atoms with van der Waals surface area (Å²) in [5.74, 6) is -0.185. The van der Waals surface area contributed by atoms with E-state index in [1.165, 1.54) is 6.92 Å². The fraction of sp³-hybridized carbons (Fsp3) is 0.0667. The minimum absolute atomic E-state index is 0.185. The maximum atomic E-state index is 11.3. The van der Waals surface area contributed by atoms with Crippen LogP contribution in [0.25, 0.3) is 10.8 Å². The van der Waals surface area contributed by atoms with Gasteiger partial charge >= 0.3 is 0 Å². The standard InChI is InChI=1S/C15H11N5O/c1-10(21)18-15-7-12(19-20-13(8-16)9-17)6-11-4-2-3-5-14(11)15/h2-7,19H,1H3,(H,18,21). The smallest absolute Gasteiger partial charge is 0.237 e. The lowest BCUT2D eigenvalue weighted by atomic mass is 10.1. The molecule has 2 aromatic rings. The van der Waals surface area contributed by atoms with Crippen molar-refractivity contribution in [3.8, 4) is 12.1 Å². The Morgan fingerprint density at radius 1 is 1.19 bits per heavy atom. The molecule has 6 heteroatoms. The van der Waals surface area contributed by atoms with Gasteiger partial charge < -0.3 is 5.32 Å². The lowest BCUT2D eigenvalue weighted by Crippen LogP contribution is -2.06. The average molecular weight is 277 g/mol. The van der Waals surface area contributed by atoms with E-state index in [1.54, 1.807) is 18.2 Å². The van der Waals surface area contributed by atoms with Crippen molar-refractivity contribution in [1.29, 1.82) is 10.5 Å². The molecule has 1 amide bonds. The van der Waals surface area contributed by atoms with Gasteiger partial charge in [0.15, 0.2) is 0 Å². The second-order valence-electron chi connectivity index (χ2n) is 4.22. The lowest BCUT2D eigenvalue weighted by molar-refractivity contribution is -0.114. The molecule has 0 saturated carbocycles. The number of carbonyl (C=O) groups is 1.